The summed E-state index contributed by atoms with van der Waals surface area (Å²) >= 11 is 0. The van der Waals surface area contributed by atoms with Crippen molar-refractivity contribution in [2.45, 2.75) is 46.3 Å². The molecule has 2 atom stereocenters. The SMILES string of the molecule is CC(C)COc1cccc(C(=O)NC(C)CC(C)O)c1. The third kappa shape index (κ3) is 6.06. The number of carbonyl (C=O) groups is 1. The van der Waals surface area contributed by atoms with Gasteiger partial charge >= 0.3 is 0 Å². The molecule has 4 nitrogen and oxygen atoms in total. The van der Waals surface area contributed by atoms with Crippen molar-refractivity contribution in [2.24, 2.45) is 5.92 Å². The van der Waals surface area contributed by atoms with Gasteiger partial charge in [0.25, 0.3) is 5.91 Å². The van der Waals surface area contributed by atoms with E-state index in [4.69, 9.17) is 4.74 Å². The Kier molecular flexibility index (Phi) is 6.52. The number of amides is 1. The number of nitrogens with one attached hydrogen (secondary N) is 1. The van der Waals surface area contributed by atoms with Crippen molar-refractivity contribution in [1.29, 1.82) is 0 Å². The molecular formula is C16H25NO3. The summed E-state index contributed by atoms with van der Waals surface area (Å²) in [4.78, 5) is 12.1. The van der Waals surface area contributed by atoms with E-state index in [0.29, 0.717) is 30.3 Å². The average Bonchev–Trinajstić information content (AvgIpc) is 2.35. The van der Waals surface area contributed by atoms with Crippen LogP contribution in [0.25, 0.3) is 0 Å². The molecule has 112 valence electrons. The van der Waals surface area contributed by atoms with E-state index in [1.165, 1.54) is 0 Å². The molecule has 4 heteroatoms. The van der Waals surface area contributed by atoms with Gasteiger partial charge < -0.3 is 15.2 Å². The second-order valence-corrected chi connectivity index (χ2v) is 5.69. The van der Waals surface area contributed by atoms with Crippen LogP contribution in [0.3, 0.4) is 0 Å². The molecule has 0 fully saturated rings. The standard InChI is InChI=1S/C16H25NO3/c1-11(2)10-20-15-7-5-6-14(9-15)16(19)17-12(3)8-13(4)18/h5-7,9,11-13,18H,8,10H2,1-4H3,(H,17,19). The third-order valence-corrected chi connectivity index (χ3v) is 2.75. The van der Waals surface area contributed by atoms with Gasteiger partial charge in [-0.3, -0.25) is 4.79 Å². The number of aliphatic hydroxyl groups excluding tert-OH is 1. The van der Waals surface area contributed by atoms with E-state index in [0.717, 1.165) is 0 Å². The molecule has 0 aliphatic heterocycles. The minimum Gasteiger partial charge on any atom is -0.493 e. The maximum absolute atomic E-state index is 12.1. The van der Waals surface area contributed by atoms with Gasteiger partial charge in [-0.25, -0.2) is 0 Å². The fourth-order valence-corrected chi connectivity index (χ4v) is 1.87. The summed E-state index contributed by atoms with van der Waals surface area (Å²) in [6.07, 6.45) is 0.112. The molecule has 0 bridgehead atoms. The lowest BCUT2D eigenvalue weighted by Crippen LogP contribution is -2.34. The average molecular weight is 279 g/mol. The topological polar surface area (TPSA) is 58.6 Å². The number of hydrogen-bond donors (Lipinski definition) is 2. The molecule has 0 aliphatic carbocycles. The lowest BCUT2D eigenvalue weighted by molar-refractivity contribution is 0.0922. The number of hydrogen-bond acceptors (Lipinski definition) is 3. The molecule has 0 spiro atoms. The minimum atomic E-state index is -0.425. The van der Waals surface area contributed by atoms with Gasteiger partial charge in [0, 0.05) is 11.6 Å². The molecule has 0 saturated heterocycles. The molecule has 2 unspecified atom stereocenters. The van der Waals surface area contributed by atoms with Gasteiger partial charge in [-0.15, -0.1) is 0 Å². The van der Waals surface area contributed by atoms with Crippen LogP contribution in [0.1, 0.15) is 44.5 Å². The molecule has 0 saturated carbocycles. The number of benzene rings is 1. The summed E-state index contributed by atoms with van der Waals surface area (Å²) < 4.78 is 5.61. The van der Waals surface area contributed by atoms with E-state index in [1.807, 2.05) is 19.1 Å². The first kappa shape index (κ1) is 16.5. The van der Waals surface area contributed by atoms with Crippen LogP contribution < -0.4 is 10.1 Å². The molecule has 0 radical (unpaired) electrons. The molecule has 0 aliphatic rings. The van der Waals surface area contributed by atoms with Crippen molar-refractivity contribution in [3.8, 4) is 5.75 Å². The zero-order valence-corrected chi connectivity index (χ0v) is 12.7. The lowest BCUT2D eigenvalue weighted by atomic mass is 10.1. The van der Waals surface area contributed by atoms with Crippen molar-refractivity contribution in [1.82, 2.24) is 5.32 Å². The number of rotatable bonds is 7. The lowest BCUT2D eigenvalue weighted by Gasteiger charge is -2.16. The summed E-state index contributed by atoms with van der Waals surface area (Å²) in [7, 11) is 0. The maximum atomic E-state index is 12.1. The second kappa shape index (κ2) is 7.90. The van der Waals surface area contributed by atoms with Crippen LogP contribution in [0.2, 0.25) is 0 Å². The van der Waals surface area contributed by atoms with E-state index < -0.39 is 6.10 Å². The van der Waals surface area contributed by atoms with Crippen molar-refractivity contribution in [3.63, 3.8) is 0 Å². The summed E-state index contributed by atoms with van der Waals surface area (Å²) in [5.41, 5.74) is 0.573. The number of carbonyl (C=O) groups excluding carboxylic acids is 1. The third-order valence-electron chi connectivity index (χ3n) is 2.75. The second-order valence-electron chi connectivity index (χ2n) is 5.69. The Hall–Kier alpha value is -1.55. The zero-order chi connectivity index (χ0) is 15.1. The molecular weight excluding hydrogens is 254 g/mol. The first-order chi connectivity index (χ1) is 9.38. The van der Waals surface area contributed by atoms with Gasteiger partial charge in [-0.1, -0.05) is 19.9 Å². The molecule has 1 rings (SSSR count). The summed E-state index contributed by atoms with van der Waals surface area (Å²) in [6.45, 7) is 8.37. The Bertz CT molecular complexity index is 429. The number of aliphatic hydroxyl groups is 1. The van der Waals surface area contributed by atoms with Crippen LogP contribution in [0.5, 0.6) is 5.75 Å². The Labute approximate surface area is 121 Å². The largest absolute Gasteiger partial charge is 0.493 e. The maximum Gasteiger partial charge on any atom is 0.251 e. The highest BCUT2D eigenvalue weighted by atomic mass is 16.5. The van der Waals surface area contributed by atoms with Crippen molar-refractivity contribution < 1.29 is 14.6 Å². The van der Waals surface area contributed by atoms with Gasteiger partial charge in [0.2, 0.25) is 0 Å². The highest BCUT2D eigenvalue weighted by Crippen LogP contribution is 2.14. The molecule has 0 aromatic heterocycles. The Morgan fingerprint density at radius 2 is 2.00 bits per heavy atom. The van der Waals surface area contributed by atoms with E-state index >= 15 is 0 Å². The smallest absolute Gasteiger partial charge is 0.251 e. The van der Waals surface area contributed by atoms with Crippen molar-refractivity contribution in [3.05, 3.63) is 29.8 Å². The molecule has 20 heavy (non-hydrogen) atoms. The Morgan fingerprint density at radius 1 is 1.30 bits per heavy atom. The molecule has 1 amide bonds. The van der Waals surface area contributed by atoms with Crippen molar-refractivity contribution in [2.75, 3.05) is 6.61 Å². The fourth-order valence-electron chi connectivity index (χ4n) is 1.87. The fraction of sp³-hybridized carbons (Fsp3) is 0.562. The first-order valence-corrected chi connectivity index (χ1v) is 7.10. The first-order valence-electron chi connectivity index (χ1n) is 7.10. The Balaban J connectivity index is 2.61. The summed E-state index contributed by atoms with van der Waals surface area (Å²) in [6, 6.07) is 7.09. The van der Waals surface area contributed by atoms with Crippen LogP contribution in [-0.2, 0) is 0 Å². The van der Waals surface area contributed by atoms with Gasteiger partial charge in [-0.2, -0.15) is 0 Å². The van der Waals surface area contributed by atoms with Crippen molar-refractivity contribution >= 4 is 5.91 Å². The molecule has 0 heterocycles. The molecule has 1 aromatic carbocycles. The molecule has 1 aromatic rings. The Morgan fingerprint density at radius 3 is 2.60 bits per heavy atom. The summed E-state index contributed by atoms with van der Waals surface area (Å²) in [5.74, 6) is 1.00. The van der Waals surface area contributed by atoms with Crippen LogP contribution in [0.4, 0.5) is 0 Å². The minimum absolute atomic E-state index is 0.0669. The van der Waals surface area contributed by atoms with E-state index in [1.54, 1.807) is 19.1 Å². The van der Waals surface area contributed by atoms with Crippen LogP contribution in [0, 0.1) is 5.92 Å². The predicted molar refractivity (Wildman–Crippen MR) is 80.0 cm³/mol. The van der Waals surface area contributed by atoms with Gasteiger partial charge in [0.05, 0.1) is 12.7 Å². The summed E-state index contributed by atoms with van der Waals surface area (Å²) in [5, 5.41) is 12.2. The van der Waals surface area contributed by atoms with Crippen LogP contribution in [0.15, 0.2) is 24.3 Å². The number of ether oxygens (including phenoxy) is 1. The van der Waals surface area contributed by atoms with Gasteiger partial charge in [0.15, 0.2) is 0 Å². The normalized spacial score (nSPS) is 13.9. The predicted octanol–water partition coefficient (Wildman–Crippen LogP) is 2.61. The van der Waals surface area contributed by atoms with E-state index in [2.05, 4.69) is 19.2 Å². The highest BCUT2D eigenvalue weighted by Gasteiger charge is 2.12. The zero-order valence-electron chi connectivity index (χ0n) is 12.7. The van der Waals surface area contributed by atoms with Gasteiger partial charge in [-0.05, 0) is 44.4 Å². The monoisotopic (exact) mass is 279 g/mol. The molecule has 2 N–H and O–H groups in total. The highest BCUT2D eigenvalue weighted by molar-refractivity contribution is 5.94. The van der Waals surface area contributed by atoms with Gasteiger partial charge in [0.1, 0.15) is 5.75 Å². The van der Waals surface area contributed by atoms with Crippen LogP contribution >= 0.6 is 0 Å². The van der Waals surface area contributed by atoms with Crippen LogP contribution in [-0.4, -0.2) is 29.8 Å². The van der Waals surface area contributed by atoms with E-state index in [9.17, 15) is 9.90 Å². The quantitative estimate of drug-likeness (QED) is 0.806. The van der Waals surface area contributed by atoms with E-state index in [-0.39, 0.29) is 11.9 Å².